The van der Waals surface area contributed by atoms with E-state index in [0.717, 1.165) is 36.5 Å². The highest BCUT2D eigenvalue weighted by molar-refractivity contribution is 5.77. The van der Waals surface area contributed by atoms with E-state index in [-0.39, 0.29) is 0 Å². The van der Waals surface area contributed by atoms with E-state index in [0.29, 0.717) is 6.61 Å². The predicted octanol–water partition coefficient (Wildman–Crippen LogP) is 7.91. The summed E-state index contributed by atoms with van der Waals surface area (Å²) in [5.41, 5.74) is 7.02. The Balaban J connectivity index is 0.00000158. The van der Waals surface area contributed by atoms with Gasteiger partial charge >= 0.3 is 0 Å². The molecule has 34 heavy (non-hydrogen) atoms. The molecule has 3 aromatic rings. The average molecular weight is 450 g/mol. The number of nitrogens with zero attached hydrogens (tertiary/aromatic N) is 1. The van der Waals surface area contributed by atoms with Gasteiger partial charge in [0.2, 0.25) is 0 Å². The number of ether oxygens (including phenoxy) is 1. The van der Waals surface area contributed by atoms with Gasteiger partial charge in [0.25, 0.3) is 0 Å². The van der Waals surface area contributed by atoms with Gasteiger partial charge in [-0.3, -0.25) is 0 Å². The van der Waals surface area contributed by atoms with Gasteiger partial charge in [-0.25, -0.2) is 0 Å². The lowest BCUT2D eigenvalue weighted by atomic mass is 9.92. The van der Waals surface area contributed by atoms with Crippen LogP contribution in [-0.2, 0) is 17.7 Å². The molecule has 174 valence electrons. The van der Waals surface area contributed by atoms with Crippen LogP contribution in [0.25, 0.3) is 11.1 Å². The van der Waals surface area contributed by atoms with Crippen molar-refractivity contribution in [1.29, 1.82) is 0 Å². The van der Waals surface area contributed by atoms with E-state index in [1.807, 2.05) is 26.0 Å². The first-order valence-corrected chi connectivity index (χ1v) is 12.0. The molecule has 0 radical (unpaired) electrons. The maximum Gasteiger partial charge on any atom is 0.194 e. The van der Waals surface area contributed by atoms with Crippen LogP contribution >= 0.6 is 0 Å². The third-order valence-corrected chi connectivity index (χ3v) is 5.65. The number of hydrogen-bond donors (Lipinski definition) is 0. The lowest BCUT2D eigenvalue weighted by Gasteiger charge is -2.22. The highest BCUT2D eigenvalue weighted by Crippen LogP contribution is 2.32. The van der Waals surface area contributed by atoms with Crippen LogP contribution in [0.5, 0.6) is 0 Å². The molecule has 4 rings (SSSR count). The molecule has 0 aliphatic carbocycles. The molecular formula is C32H35NO. The van der Waals surface area contributed by atoms with Crippen molar-refractivity contribution in [2.75, 3.05) is 13.2 Å². The molecule has 1 fully saturated rings. The van der Waals surface area contributed by atoms with Crippen LogP contribution in [0.4, 0.5) is 0 Å². The fraction of sp³-hybridized carbons (Fsp3) is 0.188. The molecule has 0 amide bonds. The first kappa shape index (κ1) is 24.9. The van der Waals surface area contributed by atoms with Gasteiger partial charge in [0.05, 0.1) is 6.54 Å². The van der Waals surface area contributed by atoms with Gasteiger partial charge in [-0.05, 0) is 27.8 Å². The number of rotatable bonds is 8. The minimum atomic E-state index is 0.703. The fourth-order valence-corrected chi connectivity index (χ4v) is 4.07. The molecule has 0 unspecified atom stereocenters. The van der Waals surface area contributed by atoms with Crippen LogP contribution in [0.15, 0.2) is 122 Å². The van der Waals surface area contributed by atoms with Crippen molar-refractivity contribution >= 4 is 11.1 Å². The van der Waals surface area contributed by atoms with Crippen molar-refractivity contribution in [1.82, 2.24) is 4.90 Å². The summed E-state index contributed by atoms with van der Waals surface area (Å²) in [6.07, 6.45) is 6.48. The van der Waals surface area contributed by atoms with Gasteiger partial charge in [-0.15, -0.1) is 0 Å². The van der Waals surface area contributed by atoms with Crippen LogP contribution in [-0.4, -0.2) is 18.1 Å². The topological polar surface area (TPSA) is 12.5 Å². The normalized spacial score (nSPS) is 14.2. The van der Waals surface area contributed by atoms with E-state index >= 15 is 0 Å². The van der Waals surface area contributed by atoms with Crippen LogP contribution in [0.1, 0.15) is 36.1 Å². The standard InChI is InChI=1S/C30H29NO.C2H6/c1-3-4-13-24(2)28-19-12-11-18-27(28)22-29(26-16-9-6-10-17-26)30-31(20-21-32-30)23-25-14-7-5-8-15-25;1-2/h3-19H,1-2,20-23H2;1-2H3/b13-4-,30-29-;. The molecule has 1 heterocycles. The minimum absolute atomic E-state index is 0.703. The summed E-state index contributed by atoms with van der Waals surface area (Å²) in [7, 11) is 0. The second kappa shape index (κ2) is 13.1. The van der Waals surface area contributed by atoms with Gasteiger partial charge in [-0.2, -0.15) is 0 Å². The molecule has 0 aromatic heterocycles. The van der Waals surface area contributed by atoms with Gasteiger partial charge in [0, 0.05) is 18.5 Å². The quantitative estimate of drug-likeness (QED) is 0.324. The first-order chi connectivity index (χ1) is 16.8. The van der Waals surface area contributed by atoms with Crippen molar-refractivity contribution in [3.63, 3.8) is 0 Å². The van der Waals surface area contributed by atoms with Crippen LogP contribution in [0.2, 0.25) is 0 Å². The maximum absolute atomic E-state index is 6.25. The highest BCUT2D eigenvalue weighted by Gasteiger charge is 2.24. The molecule has 2 heteroatoms. The third-order valence-electron chi connectivity index (χ3n) is 5.65. The summed E-state index contributed by atoms with van der Waals surface area (Å²) in [6, 6.07) is 29.6. The first-order valence-electron chi connectivity index (χ1n) is 12.0. The Labute approximate surface area is 205 Å². The average Bonchev–Trinajstić information content (AvgIpc) is 3.36. The van der Waals surface area contributed by atoms with Crippen molar-refractivity contribution < 1.29 is 4.74 Å². The fourth-order valence-electron chi connectivity index (χ4n) is 4.07. The monoisotopic (exact) mass is 449 g/mol. The van der Waals surface area contributed by atoms with E-state index in [2.05, 4.69) is 103 Å². The highest BCUT2D eigenvalue weighted by atomic mass is 16.5. The van der Waals surface area contributed by atoms with Gasteiger partial charge in [0.1, 0.15) is 6.61 Å². The SMILES string of the molecule is C=C/C=C\C(=C)c1ccccc1C/C(=C1/OCCN1Cc1ccccc1)c1ccccc1.CC. The summed E-state index contributed by atoms with van der Waals surface area (Å²) < 4.78 is 6.25. The molecule has 0 N–H and O–H groups in total. The molecular weight excluding hydrogens is 414 g/mol. The second-order valence-corrected chi connectivity index (χ2v) is 7.86. The third kappa shape index (κ3) is 6.39. The lowest BCUT2D eigenvalue weighted by Crippen LogP contribution is -2.19. The summed E-state index contributed by atoms with van der Waals surface area (Å²) in [5, 5.41) is 0. The molecule has 0 bridgehead atoms. The van der Waals surface area contributed by atoms with E-state index in [1.165, 1.54) is 22.3 Å². The summed E-state index contributed by atoms with van der Waals surface area (Å²) >= 11 is 0. The Kier molecular flexibility index (Phi) is 9.54. The molecule has 0 saturated carbocycles. The van der Waals surface area contributed by atoms with Gasteiger partial charge in [-0.1, -0.05) is 130 Å². The van der Waals surface area contributed by atoms with Gasteiger partial charge in [0.15, 0.2) is 5.88 Å². The Morgan fingerprint density at radius 1 is 0.912 bits per heavy atom. The van der Waals surface area contributed by atoms with Crippen LogP contribution < -0.4 is 0 Å². The molecule has 0 atom stereocenters. The predicted molar refractivity (Wildman–Crippen MR) is 146 cm³/mol. The van der Waals surface area contributed by atoms with Crippen LogP contribution in [0.3, 0.4) is 0 Å². The lowest BCUT2D eigenvalue weighted by molar-refractivity contribution is 0.233. The molecule has 0 spiro atoms. The summed E-state index contributed by atoms with van der Waals surface area (Å²) in [6.45, 7) is 14.5. The largest absolute Gasteiger partial charge is 0.477 e. The number of allylic oxidation sites excluding steroid dienone is 5. The van der Waals surface area contributed by atoms with E-state index < -0.39 is 0 Å². The van der Waals surface area contributed by atoms with Crippen molar-refractivity contribution in [3.05, 3.63) is 144 Å². The molecule has 1 aliphatic heterocycles. The zero-order valence-corrected chi connectivity index (χ0v) is 20.4. The molecule has 3 aromatic carbocycles. The van der Waals surface area contributed by atoms with Crippen molar-refractivity contribution in [2.45, 2.75) is 26.8 Å². The van der Waals surface area contributed by atoms with E-state index in [9.17, 15) is 0 Å². The van der Waals surface area contributed by atoms with Crippen LogP contribution in [0, 0.1) is 0 Å². The molecule has 2 nitrogen and oxygen atoms in total. The Hall–Kier alpha value is -3.78. The number of benzene rings is 3. The molecule has 1 saturated heterocycles. The minimum Gasteiger partial charge on any atom is -0.477 e. The Morgan fingerprint density at radius 2 is 1.56 bits per heavy atom. The van der Waals surface area contributed by atoms with Crippen molar-refractivity contribution in [3.8, 4) is 0 Å². The van der Waals surface area contributed by atoms with Crippen molar-refractivity contribution in [2.24, 2.45) is 0 Å². The van der Waals surface area contributed by atoms with E-state index in [1.54, 1.807) is 6.08 Å². The summed E-state index contributed by atoms with van der Waals surface area (Å²) in [4.78, 5) is 2.35. The summed E-state index contributed by atoms with van der Waals surface area (Å²) in [5.74, 6) is 0.974. The zero-order chi connectivity index (χ0) is 24.2. The maximum atomic E-state index is 6.25. The number of hydrogen-bond acceptors (Lipinski definition) is 2. The van der Waals surface area contributed by atoms with E-state index in [4.69, 9.17) is 4.74 Å². The Morgan fingerprint density at radius 3 is 2.26 bits per heavy atom. The zero-order valence-electron chi connectivity index (χ0n) is 20.4. The van der Waals surface area contributed by atoms with Gasteiger partial charge < -0.3 is 9.64 Å². The molecule has 1 aliphatic rings. The Bertz CT molecular complexity index is 1130. The second-order valence-electron chi connectivity index (χ2n) is 7.86. The smallest absolute Gasteiger partial charge is 0.194 e.